The lowest BCUT2D eigenvalue weighted by Gasteiger charge is -2.37. The van der Waals surface area contributed by atoms with Gasteiger partial charge in [-0.2, -0.15) is 5.10 Å². The number of nitrogens with zero attached hydrogens (tertiary/aromatic N) is 7. The Kier molecular flexibility index (Phi) is 6.27. The van der Waals surface area contributed by atoms with Crippen molar-refractivity contribution in [1.29, 1.82) is 0 Å². The Labute approximate surface area is 237 Å². The second-order valence-electron chi connectivity index (χ2n) is 10.7. The topological polar surface area (TPSA) is 102 Å². The van der Waals surface area contributed by atoms with E-state index in [-0.39, 0.29) is 17.8 Å². The van der Waals surface area contributed by atoms with Gasteiger partial charge in [-0.3, -0.25) is 9.48 Å². The number of rotatable bonds is 4. The summed E-state index contributed by atoms with van der Waals surface area (Å²) in [5.74, 6) is 1.49. The van der Waals surface area contributed by atoms with E-state index >= 15 is 0 Å². The summed E-state index contributed by atoms with van der Waals surface area (Å²) in [6, 6.07) is 16.3. The van der Waals surface area contributed by atoms with Crippen LogP contribution >= 0.6 is 0 Å². The highest BCUT2D eigenvalue weighted by Crippen LogP contribution is 2.36. The normalized spacial score (nSPS) is 17.2. The molecule has 1 amide bonds. The highest BCUT2D eigenvalue weighted by Gasteiger charge is 2.31. The van der Waals surface area contributed by atoms with E-state index in [1.807, 2.05) is 67.0 Å². The van der Waals surface area contributed by atoms with Crippen LogP contribution in [0.15, 0.2) is 59.3 Å². The number of aromatic nitrogens is 5. The van der Waals surface area contributed by atoms with Gasteiger partial charge in [-0.15, -0.1) is 0 Å². The van der Waals surface area contributed by atoms with Gasteiger partial charge < -0.3 is 19.1 Å². The number of carbonyl (C=O) groups is 1. The van der Waals surface area contributed by atoms with Crippen molar-refractivity contribution in [1.82, 2.24) is 29.8 Å². The van der Waals surface area contributed by atoms with Gasteiger partial charge in [-0.25, -0.2) is 9.97 Å². The zero-order valence-corrected chi connectivity index (χ0v) is 23.4. The lowest BCUT2D eigenvalue weighted by Crippen LogP contribution is -2.41. The molecule has 208 valence electrons. The number of hydrogen-bond acceptors (Lipinski definition) is 8. The van der Waals surface area contributed by atoms with Crippen LogP contribution < -0.4 is 4.90 Å². The first-order chi connectivity index (χ1) is 20.0. The third-order valence-electron chi connectivity index (χ3n) is 8.20. The van der Waals surface area contributed by atoms with Gasteiger partial charge in [0.1, 0.15) is 11.6 Å². The highest BCUT2D eigenvalue weighted by atomic mass is 16.5. The number of fused-ring (bicyclic) bond motifs is 2. The van der Waals surface area contributed by atoms with Gasteiger partial charge in [0.15, 0.2) is 0 Å². The Hall–Kier alpha value is -4.57. The number of benzene rings is 2. The zero-order chi connectivity index (χ0) is 28.1. The zero-order valence-electron chi connectivity index (χ0n) is 23.4. The standard InChI is InChI=1S/C31H31N7O3/c1-19-28(20(2)41-35-19)22-9-10-25-24(15-22)30(38-13-14-40-18-27(38)21-7-5-4-6-8-21)34-29(33-25)31(39)37-12-11-23-16-32-36(3)26(23)17-37/h4-10,15-16,27H,11-14,17-18H2,1-3H3/t27-/m1/s1. The Morgan fingerprint density at radius 3 is 2.71 bits per heavy atom. The quantitative estimate of drug-likeness (QED) is 0.325. The lowest BCUT2D eigenvalue weighted by atomic mass is 10.0. The Morgan fingerprint density at radius 1 is 1.05 bits per heavy atom. The largest absolute Gasteiger partial charge is 0.377 e. The molecule has 0 spiro atoms. The first kappa shape index (κ1) is 25.4. The van der Waals surface area contributed by atoms with E-state index in [1.54, 1.807) is 0 Å². The summed E-state index contributed by atoms with van der Waals surface area (Å²) in [5, 5.41) is 9.40. The fourth-order valence-electron chi connectivity index (χ4n) is 6.04. The molecule has 10 heteroatoms. The monoisotopic (exact) mass is 549 g/mol. The minimum Gasteiger partial charge on any atom is -0.377 e. The third kappa shape index (κ3) is 4.44. The SMILES string of the molecule is Cc1noc(C)c1-c1ccc2nc(C(=O)N3CCc4cnn(C)c4C3)nc(N3CCOC[C@@H]3c3ccccc3)c2c1. The second-order valence-corrected chi connectivity index (χ2v) is 10.7. The van der Waals surface area contributed by atoms with Gasteiger partial charge in [0.2, 0.25) is 5.82 Å². The number of anilines is 1. The number of morpholine rings is 1. The molecule has 0 aliphatic carbocycles. The van der Waals surface area contributed by atoms with E-state index in [9.17, 15) is 4.79 Å². The summed E-state index contributed by atoms with van der Waals surface area (Å²) in [5.41, 5.74) is 6.83. The van der Waals surface area contributed by atoms with Crippen LogP contribution in [0.25, 0.3) is 22.0 Å². The summed E-state index contributed by atoms with van der Waals surface area (Å²) in [4.78, 5) is 27.8. The predicted molar refractivity (Wildman–Crippen MR) is 154 cm³/mol. The fourth-order valence-corrected chi connectivity index (χ4v) is 6.04. The predicted octanol–water partition coefficient (Wildman–Crippen LogP) is 4.41. The molecule has 1 atom stereocenters. The van der Waals surface area contributed by atoms with Gasteiger partial charge in [0.25, 0.3) is 5.91 Å². The fraction of sp³-hybridized carbons (Fsp3) is 0.323. The van der Waals surface area contributed by atoms with Crippen molar-refractivity contribution >= 4 is 22.6 Å². The van der Waals surface area contributed by atoms with Gasteiger partial charge in [0, 0.05) is 31.1 Å². The maximum Gasteiger partial charge on any atom is 0.292 e. The molecule has 2 aliphatic rings. The van der Waals surface area contributed by atoms with Crippen LogP contribution in [0.5, 0.6) is 0 Å². The highest BCUT2D eigenvalue weighted by molar-refractivity contribution is 5.98. The Balaban J connectivity index is 1.36. The van der Waals surface area contributed by atoms with Crippen molar-refractivity contribution in [2.75, 3.05) is 31.2 Å². The van der Waals surface area contributed by atoms with Crippen LogP contribution in [0.3, 0.4) is 0 Å². The molecule has 3 aromatic heterocycles. The number of amides is 1. The molecule has 41 heavy (non-hydrogen) atoms. The van der Waals surface area contributed by atoms with Crippen molar-refractivity contribution < 1.29 is 14.1 Å². The maximum atomic E-state index is 13.9. The van der Waals surface area contributed by atoms with E-state index in [0.29, 0.717) is 38.4 Å². The van der Waals surface area contributed by atoms with E-state index in [0.717, 1.165) is 51.5 Å². The summed E-state index contributed by atoms with van der Waals surface area (Å²) in [6.07, 6.45) is 2.65. The molecule has 1 saturated heterocycles. The minimum atomic E-state index is -0.181. The van der Waals surface area contributed by atoms with E-state index < -0.39 is 0 Å². The Morgan fingerprint density at radius 2 is 1.90 bits per heavy atom. The molecule has 5 aromatic rings. The van der Waals surface area contributed by atoms with E-state index in [1.165, 1.54) is 5.56 Å². The summed E-state index contributed by atoms with van der Waals surface area (Å²) < 4.78 is 13.2. The maximum absolute atomic E-state index is 13.9. The first-order valence-electron chi connectivity index (χ1n) is 13.9. The number of ether oxygens (including phenoxy) is 1. The van der Waals surface area contributed by atoms with E-state index in [2.05, 4.69) is 33.4 Å². The molecular weight excluding hydrogens is 518 g/mol. The smallest absolute Gasteiger partial charge is 0.292 e. The molecule has 2 aromatic carbocycles. The van der Waals surface area contributed by atoms with Crippen LogP contribution in [0, 0.1) is 13.8 Å². The number of aryl methyl sites for hydroxylation is 3. The Bertz CT molecular complexity index is 1740. The van der Waals surface area contributed by atoms with Crippen LogP contribution in [0.4, 0.5) is 5.82 Å². The molecule has 2 aliphatic heterocycles. The van der Waals surface area contributed by atoms with Crippen LogP contribution in [0.1, 0.15) is 44.9 Å². The average molecular weight is 550 g/mol. The van der Waals surface area contributed by atoms with Gasteiger partial charge in [-0.1, -0.05) is 41.6 Å². The summed E-state index contributed by atoms with van der Waals surface area (Å²) in [6.45, 7) is 6.67. The average Bonchev–Trinajstić information content (AvgIpc) is 3.56. The van der Waals surface area contributed by atoms with Crippen molar-refractivity contribution in [3.05, 3.63) is 88.8 Å². The van der Waals surface area contributed by atoms with Crippen LogP contribution in [-0.4, -0.2) is 62.0 Å². The molecule has 10 nitrogen and oxygen atoms in total. The van der Waals surface area contributed by atoms with Gasteiger partial charge in [0.05, 0.1) is 48.9 Å². The summed E-state index contributed by atoms with van der Waals surface area (Å²) >= 11 is 0. The number of carbonyl (C=O) groups excluding carboxylic acids is 1. The molecule has 7 rings (SSSR count). The van der Waals surface area contributed by atoms with Gasteiger partial charge >= 0.3 is 0 Å². The minimum absolute atomic E-state index is 0.0549. The molecule has 0 N–H and O–H groups in total. The van der Waals surface area contributed by atoms with Gasteiger partial charge in [-0.05, 0) is 49.1 Å². The summed E-state index contributed by atoms with van der Waals surface area (Å²) in [7, 11) is 1.91. The molecule has 5 heterocycles. The van der Waals surface area contributed by atoms with E-state index in [4.69, 9.17) is 19.2 Å². The van der Waals surface area contributed by atoms with Crippen molar-refractivity contribution in [3.8, 4) is 11.1 Å². The first-order valence-corrected chi connectivity index (χ1v) is 13.9. The van der Waals surface area contributed by atoms with Crippen molar-refractivity contribution in [2.45, 2.75) is 32.9 Å². The molecule has 1 fully saturated rings. The lowest BCUT2D eigenvalue weighted by molar-refractivity contribution is 0.0718. The molecule has 0 saturated carbocycles. The van der Waals surface area contributed by atoms with Crippen molar-refractivity contribution in [2.24, 2.45) is 7.05 Å². The van der Waals surface area contributed by atoms with Crippen molar-refractivity contribution in [3.63, 3.8) is 0 Å². The third-order valence-corrected chi connectivity index (χ3v) is 8.20. The van der Waals surface area contributed by atoms with Crippen LogP contribution in [-0.2, 0) is 24.8 Å². The second kappa shape index (κ2) is 10.1. The molecule has 0 radical (unpaired) electrons. The molecule has 0 bridgehead atoms. The van der Waals surface area contributed by atoms with Crippen LogP contribution in [0.2, 0.25) is 0 Å². The molecule has 0 unspecified atom stereocenters. The number of hydrogen-bond donors (Lipinski definition) is 0. The molecular formula is C31H31N7O3.